The van der Waals surface area contributed by atoms with Crippen LogP contribution in [0.4, 0.5) is 5.69 Å². The van der Waals surface area contributed by atoms with Crippen molar-refractivity contribution in [1.29, 1.82) is 0 Å². The predicted octanol–water partition coefficient (Wildman–Crippen LogP) is 4.63. The Hall–Kier alpha value is -2.26. The number of amides is 1. The van der Waals surface area contributed by atoms with E-state index in [-0.39, 0.29) is 5.91 Å². The van der Waals surface area contributed by atoms with Crippen LogP contribution in [0.1, 0.15) is 22.5 Å². The average molecular weight is 341 g/mol. The highest BCUT2D eigenvalue weighted by Crippen LogP contribution is 2.28. The molecule has 3 rings (SSSR count). The Kier molecular flexibility index (Phi) is 4.91. The standard InChI is InChI=1S/C20H21ClN2O/c1-22(15-9-4-3-5-10-15)20(24)19-16-11-6-7-12-17(16)23(2)18(19)13-8-14-21/h3-7,9-12H,8,13-14H2,1-2H3. The van der Waals surface area contributed by atoms with Gasteiger partial charge in [0.2, 0.25) is 0 Å². The third-order valence-electron chi connectivity index (χ3n) is 4.44. The maximum Gasteiger partial charge on any atom is 0.260 e. The van der Waals surface area contributed by atoms with Crippen molar-refractivity contribution in [3.8, 4) is 0 Å². The molecule has 4 heteroatoms. The molecule has 0 saturated carbocycles. The molecule has 0 aliphatic rings. The molecular weight excluding hydrogens is 320 g/mol. The highest BCUT2D eigenvalue weighted by Gasteiger charge is 2.23. The lowest BCUT2D eigenvalue weighted by Gasteiger charge is -2.18. The number of anilines is 1. The Balaban J connectivity index is 2.11. The zero-order chi connectivity index (χ0) is 17.1. The van der Waals surface area contributed by atoms with E-state index >= 15 is 0 Å². The number of aryl methyl sites for hydroxylation is 1. The summed E-state index contributed by atoms with van der Waals surface area (Å²) in [5, 5.41) is 0.998. The summed E-state index contributed by atoms with van der Waals surface area (Å²) in [6.45, 7) is 0. The van der Waals surface area contributed by atoms with Gasteiger partial charge in [-0.2, -0.15) is 0 Å². The van der Waals surface area contributed by atoms with Crippen LogP contribution in [0.3, 0.4) is 0 Å². The molecule has 3 nitrogen and oxygen atoms in total. The second-order valence-corrected chi connectivity index (χ2v) is 6.27. The highest BCUT2D eigenvalue weighted by molar-refractivity contribution is 6.18. The van der Waals surface area contributed by atoms with Crippen molar-refractivity contribution in [2.75, 3.05) is 17.8 Å². The molecule has 0 N–H and O–H groups in total. The number of benzene rings is 2. The fraction of sp³-hybridized carbons (Fsp3) is 0.250. The maximum atomic E-state index is 13.2. The molecule has 0 fully saturated rings. The van der Waals surface area contributed by atoms with Gasteiger partial charge in [0.25, 0.3) is 5.91 Å². The van der Waals surface area contributed by atoms with Crippen LogP contribution in [0.2, 0.25) is 0 Å². The van der Waals surface area contributed by atoms with Gasteiger partial charge in [0.15, 0.2) is 0 Å². The second-order valence-electron chi connectivity index (χ2n) is 5.89. The lowest BCUT2D eigenvalue weighted by Crippen LogP contribution is -2.27. The molecular formula is C20H21ClN2O. The van der Waals surface area contributed by atoms with Crippen molar-refractivity contribution in [3.63, 3.8) is 0 Å². The van der Waals surface area contributed by atoms with Crippen molar-refractivity contribution >= 4 is 34.1 Å². The first-order valence-electron chi connectivity index (χ1n) is 8.10. The normalized spacial score (nSPS) is 11.0. The zero-order valence-electron chi connectivity index (χ0n) is 14.0. The number of carbonyl (C=O) groups excluding carboxylic acids is 1. The number of halogens is 1. The summed E-state index contributed by atoms with van der Waals surface area (Å²) in [7, 11) is 3.84. The van der Waals surface area contributed by atoms with Crippen LogP contribution in [0, 0.1) is 0 Å². The molecule has 0 unspecified atom stereocenters. The number of carbonyl (C=O) groups is 1. The van der Waals surface area contributed by atoms with E-state index in [9.17, 15) is 4.79 Å². The van der Waals surface area contributed by atoms with Crippen LogP contribution in [-0.4, -0.2) is 23.4 Å². The van der Waals surface area contributed by atoms with E-state index in [4.69, 9.17) is 11.6 Å². The summed E-state index contributed by atoms with van der Waals surface area (Å²) >= 11 is 5.89. The first kappa shape index (κ1) is 16.6. The molecule has 0 aliphatic heterocycles. The molecule has 0 atom stereocenters. The van der Waals surface area contributed by atoms with Gasteiger partial charge in [-0.25, -0.2) is 0 Å². The Labute approximate surface area is 147 Å². The summed E-state index contributed by atoms with van der Waals surface area (Å²) < 4.78 is 2.12. The lowest BCUT2D eigenvalue weighted by molar-refractivity contribution is 0.0993. The number of hydrogen-bond acceptors (Lipinski definition) is 1. The molecule has 0 radical (unpaired) electrons. The molecule has 0 spiro atoms. The van der Waals surface area contributed by atoms with Crippen molar-refractivity contribution < 1.29 is 4.79 Å². The fourth-order valence-electron chi connectivity index (χ4n) is 3.15. The van der Waals surface area contributed by atoms with Gasteiger partial charge in [0, 0.05) is 42.3 Å². The van der Waals surface area contributed by atoms with E-state index in [1.165, 1.54) is 0 Å². The zero-order valence-corrected chi connectivity index (χ0v) is 14.8. The average Bonchev–Trinajstić information content (AvgIpc) is 2.92. The highest BCUT2D eigenvalue weighted by atomic mass is 35.5. The largest absolute Gasteiger partial charge is 0.347 e. The molecule has 124 valence electrons. The number of aromatic nitrogens is 1. The van der Waals surface area contributed by atoms with Crippen LogP contribution >= 0.6 is 11.6 Å². The monoisotopic (exact) mass is 340 g/mol. The van der Waals surface area contributed by atoms with Gasteiger partial charge in [-0.1, -0.05) is 36.4 Å². The summed E-state index contributed by atoms with van der Waals surface area (Å²) in [5.74, 6) is 0.603. The van der Waals surface area contributed by atoms with Crippen molar-refractivity contribution in [3.05, 3.63) is 65.9 Å². The summed E-state index contributed by atoms with van der Waals surface area (Å²) in [6, 6.07) is 17.8. The van der Waals surface area contributed by atoms with Crippen LogP contribution < -0.4 is 4.90 Å². The molecule has 2 aromatic carbocycles. The molecule has 1 aromatic heterocycles. The first-order valence-corrected chi connectivity index (χ1v) is 8.64. The summed E-state index contributed by atoms with van der Waals surface area (Å²) in [6.07, 6.45) is 1.64. The van der Waals surface area contributed by atoms with Crippen LogP contribution in [0.5, 0.6) is 0 Å². The van der Waals surface area contributed by atoms with Crippen molar-refractivity contribution in [1.82, 2.24) is 4.57 Å². The minimum atomic E-state index is 0.0163. The van der Waals surface area contributed by atoms with Crippen molar-refractivity contribution in [2.45, 2.75) is 12.8 Å². The smallest absolute Gasteiger partial charge is 0.260 e. The summed E-state index contributed by atoms with van der Waals surface area (Å²) in [5.41, 5.74) is 3.79. The number of para-hydroxylation sites is 2. The quantitative estimate of drug-likeness (QED) is 0.622. The summed E-state index contributed by atoms with van der Waals surface area (Å²) in [4.78, 5) is 15.0. The molecule has 3 aromatic rings. The predicted molar refractivity (Wildman–Crippen MR) is 101 cm³/mol. The molecule has 1 heterocycles. The number of hydrogen-bond donors (Lipinski definition) is 0. The number of alkyl halides is 1. The van der Waals surface area contributed by atoms with Gasteiger partial charge >= 0.3 is 0 Å². The minimum absolute atomic E-state index is 0.0163. The van der Waals surface area contributed by atoms with Gasteiger partial charge < -0.3 is 9.47 Å². The van der Waals surface area contributed by atoms with Gasteiger partial charge in [-0.05, 0) is 31.0 Å². The van der Waals surface area contributed by atoms with Crippen LogP contribution in [0.25, 0.3) is 10.9 Å². The fourth-order valence-corrected chi connectivity index (χ4v) is 3.28. The van der Waals surface area contributed by atoms with E-state index in [0.29, 0.717) is 5.88 Å². The minimum Gasteiger partial charge on any atom is -0.347 e. The number of fused-ring (bicyclic) bond motifs is 1. The molecule has 0 aliphatic carbocycles. The Morgan fingerprint density at radius 1 is 1.08 bits per heavy atom. The third kappa shape index (κ3) is 2.92. The van der Waals surface area contributed by atoms with Gasteiger partial charge in [-0.15, -0.1) is 11.6 Å². The van der Waals surface area contributed by atoms with Crippen LogP contribution in [-0.2, 0) is 13.5 Å². The Morgan fingerprint density at radius 2 is 1.75 bits per heavy atom. The molecule has 24 heavy (non-hydrogen) atoms. The van der Waals surface area contributed by atoms with Crippen molar-refractivity contribution in [2.24, 2.45) is 7.05 Å². The van der Waals surface area contributed by atoms with E-state index in [0.717, 1.165) is 40.7 Å². The Bertz CT molecular complexity index is 855. The SMILES string of the molecule is CN(C(=O)c1c(CCCCl)n(C)c2ccccc12)c1ccccc1. The van der Waals surface area contributed by atoms with E-state index in [1.807, 2.05) is 62.6 Å². The topological polar surface area (TPSA) is 25.2 Å². The van der Waals surface area contributed by atoms with E-state index in [1.54, 1.807) is 4.90 Å². The van der Waals surface area contributed by atoms with Gasteiger partial charge in [-0.3, -0.25) is 4.79 Å². The third-order valence-corrected chi connectivity index (χ3v) is 4.70. The van der Waals surface area contributed by atoms with E-state index in [2.05, 4.69) is 10.6 Å². The number of nitrogens with zero attached hydrogens (tertiary/aromatic N) is 2. The number of rotatable bonds is 5. The molecule has 0 bridgehead atoms. The second kappa shape index (κ2) is 7.10. The first-order chi connectivity index (χ1) is 11.6. The Morgan fingerprint density at radius 3 is 2.46 bits per heavy atom. The van der Waals surface area contributed by atoms with Gasteiger partial charge in [0.1, 0.15) is 0 Å². The molecule has 1 amide bonds. The lowest BCUT2D eigenvalue weighted by atomic mass is 10.1. The van der Waals surface area contributed by atoms with Crippen LogP contribution in [0.15, 0.2) is 54.6 Å². The van der Waals surface area contributed by atoms with E-state index < -0.39 is 0 Å². The van der Waals surface area contributed by atoms with Gasteiger partial charge in [0.05, 0.1) is 5.56 Å². The maximum absolute atomic E-state index is 13.2. The molecule has 0 saturated heterocycles.